The highest BCUT2D eigenvalue weighted by molar-refractivity contribution is 6.29. The highest BCUT2D eigenvalue weighted by atomic mass is 35.5. The van der Waals surface area contributed by atoms with E-state index >= 15 is 0 Å². The van der Waals surface area contributed by atoms with Crippen LogP contribution in [0.4, 0.5) is 0 Å². The van der Waals surface area contributed by atoms with Crippen molar-refractivity contribution in [2.24, 2.45) is 0 Å². The molecule has 0 fully saturated rings. The lowest BCUT2D eigenvalue weighted by molar-refractivity contribution is 1.04. The van der Waals surface area contributed by atoms with E-state index in [1.807, 2.05) is 6.07 Å². The molecule has 2 aromatic heterocycles. The fourth-order valence-corrected chi connectivity index (χ4v) is 1.97. The second kappa shape index (κ2) is 2.90. The lowest BCUT2D eigenvalue weighted by Gasteiger charge is -1.97. The van der Waals surface area contributed by atoms with Crippen LogP contribution in [0.3, 0.4) is 0 Å². The van der Waals surface area contributed by atoms with Gasteiger partial charge >= 0.3 is 0 Å². The first-order chi connectivity index (χ1) is 7.25. The Labute approximate surface area is 90.0 Å². The number of halogens is 1. The van der Waals surface area contributed by atoms with Crippen LogP contribution < -0.4 is 5.56 Å². The Kier molecular flexibility index (Phi) is 1.67. The number of nitrogens with zero attached hydrogens (tertiary/aromatic N) is 2. The summed E-state index contributed by atoms with van der Waals surface area (Å²) in [6.45, 7) is 0. The predicted molar refractivity (Wildman–Crippen MR) is 55.9 cm³/mol. The minimum atomic E-state index is -0.159. The molecule has 2 aromatic rings. The number of aromatic amines is 1. The van der Waals surface area contributed by atoms with E-state index in [9.17, 15) is 4.79 Å². The van der Waals surface area contributed by atoms with Crippen molar-refractivity contribution >= 4 is 11.6 Å². The van der Waals surface area contributed by atoms with Crippen molar-refractivity contribution in [2.45, 2.75) is 6.42 Å². The van der Waals surface area contributed by atoms with Crippen LogP contribution in [-0.2, 0) is 6.42 Å². The third-order valence-electron chi connectivity index (χ3n) is 2.47. The second-order valence-corrected chi connectivity index (χ2v) is 3.76. The fourth-order valence-electron chi connectivity index (χ4n) is 1.82. The van der Waals surface area contributed by atoms with Gasteiger partial charge in [0.2, 0.25) is 0 Å². The monoisotopic (exact) mass is 219 g/mol. The van der Waals surface area contributed by atoms with Gasteiger partial charge in [0, 0.05) is 6.42 Å². The maximum atomic E-state index is 11.6. The largest absolute Gasteiger partial charge is 0.313 e. The molecule has 0 atom stereocenters. The molecule has 0 radical (unpaired) electrons. The molecule has 0 aliphatic heterocycles. The van der Waals surface area contributed by atoms with E-state index in [2.05, 4.69) is 15.0 Å². The van der Waals surface area contributed by atoms with Gasteiger partial charge in [-0.1, -0.05) is 17.7 Å². The zero-order valence-electron chi connectivity index (χ0n) is 7.62. The summed E-state index contributed by atoms with van der Waals surface area (Å²) in [5, 5.41) is 0.393. The van der Waals surface area contributed by atoms with E-state index in [0.717, 1.165) is 11.3 Å². The summed E-state index contributed by atoms with van der Waals surface area (Å²) in [6.07, 6.45) is 2.06. The van der Waals surface area contributed by atoms with Crippen LogP contribution >= 0.6 is 11.6 Å². The maximum Gasteiger partial charge on any atom is 0.260 e. The van der Waals surface area contributed by atoms with Crippen molar-refractivity contribution < 1.29 is 0 Å². The van der Waals surface area contributed by atoms with Gasteiger partial charge in [0.15, 0.2) is 0 Å². The molecule has 3 rings (SSSR count). The van der Waals surface area contributed by atoms with Crippen LogP contribution in [0, 0.1) is 0 Å². The van der Waals surface area contributed by atoms with Crippen LogP contribution in [0.25, 0.3) is 11.3 Å². The molecule has 0 bridgehead atoms. The molecule has 0 saturated heterocycles. The summed E-state index contributed by atoms with van der Waals surface area (Å²) in [5.41, 5.74) is 2.82. The molecule has 5 heteroatoms. The number of fused-ring (bicyclic) bond motifs is 3. The average molecular weight is 220 g/mol. The minimum absolute atomic E-state index is 0.159. The number of rotatable bonds is 0. The van der Waals surface area contributed by atoms with Gasteiger partial charge in [-0.05, 0) is 11.6 Å². The number of hydrogen-bond donors (Lipinski definition) is 1. The predicted octanol–water partition coefficient (Wildman–Crippen LogP) is 1.39. The molecule has 4 nitrogen and oxygen atoms in total. The Hall–Kier alpha value is -1.68. The summed E-state index contributed by atoms with van der Waals surface area (Å²) >= 11 is 5.80. The van der Waals surface area contributed by atoms with Crippen molar-refractivity contribution in [2.75, 3.05) is 0 Å². The molecular weight excluding hydrogens is 214 g/mol. The van der Waals surface area contributed by atoms with Crippen LogP contribution in [0.15, 0.2) is 23.3 Å². The van der Waals surface area contributed by atoms with Crippen LogP contribution in [-0.4, -0.2) is 15.0 Å². The Morgan fingerprint density at radius 3 is 3.13 bits per heavy atom. The molecule has 74 valence electrons. The van der Waals surface area contributed by atoms with Gasteiger partial charge in [0.25, 0.3) is 5.56 Å². The molecule has 0 spiro atoms. The Morgan fingerprint density at radius 2 is 2.27 bits per heavy atom. The van der Waals surface area contributed by atoms with Gasteiger partial charge in [0.1, 0.15) is 5.15 Å². The first-order valence-corrected chi connectivity index (χ1v) is 4.86. The first-order valence-electron chi connectivity index (χ1n) is 4.48. The molecule has 15 heavy (non-hydrogen) atoms. The summed E-state index contributed by atoms with van der Waals surface area (Å²) < 4.78 is 0. The normalized spacial score (nSPS) is 12.3. The molecule has 0 aromatic carbocycles. The summed E-state index contributed by atoms with van der Waals surface area (Å²) in [5.74, 6) is 0. The average Bonchev–Trinajstić information content (AvgIpc) is 2.57. The van der Waals surface area contributed by atoms with E-state index in [1.165, 1.54) is 6.33 Å². The fraction of sp³-hybridized carbons (Fsp3) is 0.100. The number of H-pyrrole nitrogens is 1. The number of aromatic nitrogens is 3. The van der Waals surface area contributed by atoms with Gasteiger partial charge in [-0.15, -0.1) is 0 Å². The van der Waals surface area contributed by atoms with E-state index in [4.69, 9.17) is 11.6 Å². The van der Waals surface area contributed by atoms with Gasteiger partial charge < -0.3 is 4.98 Å². The number of nitrogens with one attached hydrogen (secondary N) is 1. The number of hydrogen-bond acceptors (Lipinski definition) is 3. The second-order valence-electron chi connectivity index (χ2n) is 3.37. The maximum absolute atomic E-state index is 11.6. The van der Waals surface area contributed by atoms with Crippen molar-refractivity contribution in [1.82, 2.24) is 15.0 Å². The third-order valence-corrected chi connectivity index (χ3v) is 2.68. The van der Waals surface area contributed by atoms with E-state index in [0.29, 0.717) is 22.8 Å². The topological polar surface area (TPSA) is 58.6 Å². The van der Waals surface area contributed by atoms with Gasteiger partial charge in [-0.25, -0.2) is 9.97 Å². The standard InChI is InChI=1S/C10H6ClN3O/c11-7-2-1-5-3-6-8(9(5)14-7)10(15)13-4-12-6/h1-2,4H,3H2,(H,12,13,15). The molecule has 0 unspecified atom stereocenters. The van der Waals surface area contributed by atoms with E-state index in [1.54, 1.807) is 6.07 Å². The van der Waals surface area contributed by atoms with Crippen molar-refractivity contribution in [3.05, 3.63) is 45.2 Å². The molecule has 2 heterocycles. The first kappa shape index (κ1) is 8.61. The van der Waals surface area contributed by atoms with E-state index < -0.39 is 0 Å². The molecule has 1 aliphatic carbocycles. The zero-order chi connectivity index (χ0) is 10.4. The van der Waals surface area contributed by atoms with Gasteiger partial charge in [-0.2, -0.15) is 0 Å². The lowest BCUT2D eigenvalue weighted by Crippen LogP contribution is -2.10. The summed E-state index contributed by atoms with van der Waals surface area (Å²) in [4.78, 5) is 22.4. The van der Waals surface area contributed by atoms with Gasteiger partial charge in [-0.3, -0.25) is 4.79 Å². The lowest BCUT2D eigenvalue weighted by atomic mass is 10.2. The highest BCUT2D eigenvalue weighted by Gasteiger charge is 2.23. The highest BCUT2D eigenvalue weighted by Crippen LogP contribution is 2.31. The molecule has 0 saturated carbocycles. The molecule has 1 N–H and O–H groups in total. The molecule has 1 aliphatic rings. The van der Waals surface area contributed by atoms with E-state index in [-0.39, 0.29) is 5.56 Å². The smallest absolute Gasteiger partial charge is 0.260 e. The molecular formula is C10H6ClN3O. The SMILES string of the molecule is O=c1[nH]cnc2c1-c1nc(Cl)ccc1C2. The minimum Gasteiger partial charge on any atom is -0.313 e. The number of pyridine rings is 1. The summed E-state index contributed by atoms with van der Waals surface area (Å²) in [6, 6.07) is 3.60. The van der Waals surface area contributed by atoms with Crippen LogP contribution in [0.5, 0.6) is 0 Å². The van der Waals surface area contributed by atoms with Crippen LogP contribution in [0.2, 0.25) is 5.15 Å². The molecule has 0 amide bonds. The Balaban J connectivity index is 2.38. The van der Waals surface area contributed by atoms with Crippen LogP contribution in [0.1, 0.15) is 11.3 Å². The van der Waals surface area contributed by atoms with Gasteiger partial charge in [0.05, 0.1) is 23.3 Å². The summed E-state index contributed by atoms with van der Waals surface area (Å²) in [7, 11) is 0. The van der Waals surface area contributed by atoms with Crippen molar-refractivity contribution in [1.29, 1.82) is 0 Å². The zero-order valence-corrected chi connectivity index (χ0v) is 8.38. The van der Waals surface area contributed by atoms with Crippen molar-refractivity contribution in [3.8, 4) is 11.3 Å². The Morgan fingerprint density at radius 1 is 1.40 bits per heavy atom. The third kappa shape index (κ3) is 1.18. The van der Waals surface area contributed by atoms with Crippen molar-refractivity contribution in [3.63, 3.8) is 0 Å². The Bertz CT molecular complexity index is 606. The quantitative estimate of drug-likeness (QED) is 0.582.